The van der Waals surface area contributed by atoms with Gasteiger partial charge in [-0.15, -0.1) is 0 Å². The molecule has 1 saturated heterocycles. The Morgan fingerprint density at radius 3 is 2.30 bits per heavy atom. The van der Waals surface area contributed by atoms with Gasteiger partial charge in [-0.25, -0.2) is 13.4 Å². The summed E-state index contributed by atoms with van der Waals surface area (Å²) >= 11 is 0. The van der Waals surface area contributed by atoms with Crippen molar-refractivity contribution >= 4 is 27.0 Å². The molecule has 27 heavy (non-hydrogen) atoms. The van der Waals surface area contributed by atoms with E-state index < -0.39 is 10.0 Å². The second-order valence-corrected chi connectivity index (χ2v) is 9.03. The number of piperazine rings is 1. The number of benzene rings is 2. The van der Waals surface area contributed by atoms with E-state index in [4.69, 9.17) is 4.98 Å². The van der Waals surface area contributed by atoms with Crippen molar-refractivity contribution < 1.29 is 8.42 Å². The maximum absolute atomic E-state index is 13.0. The van der Waals surface area contributed by atoms with Gasteiger partial charge in [-0.1, -0.05) is 18.2 Å². The molecule has 0 aliphatic carbocycles. The lowest BCUT2D eigenvalue weighted by Crippen LogP contribution is -2.49. The summed E-state index contributed by atoms with van der Waals surface area (Å²) in [6.07, 6.45) is 0. The molecule has 3 aromatic rings. The van der Waals surface area contributed by atoms with Crippen molar-refractivity contribution in [2.24, 2.45) is 7.05 Å². The maximum atomic E-state index is 13.0. The second-order valence-electron chi connectivity index (χ2n) is 7.10. The van der Waals surface area contributed by atoms with Crippen LogP contribution in [0.25, 0.3) is 11.0 Å². The van der Waals surface area contributed by atoms with E-state index in [2.05, 4.69) is 9.47 Å². The molecule has 0 N–H and O–H groups in total. The molecule has 2 aromatic carbocycles. The van der Waals surface area contributed by atoms with Gasteiger partial charge in [0.2, 0.25) is 16.0 Å². The second kappa shape index (κ2) is 6.65. The number of anilines is 1. The summed E-state index contributed by atoms with van der Waals surface area (Å²) in [5.74, 6) is 0.888. The number of hydrogen-bond acceptors (Lipinski definition) is 4. The van der Waals surface area contributed by atoms with Crippen LogP contribution in [0.2, 0.25) is 0 Å². The molecule has 0 saturated carbocycles. The van der Waals surface area contributed by atoms with Crippen LogP contribution < -0.4 is 4.90 Å². The Kier molecular flexibility index (Phi) is 4.44. The maximum Gasteiger partial charge on any atom is 0.243 e. The summed E-state index contributed by atoms with van der Waals surface area (Å²) in [6.45, 7) is 6.10. The summed E-state index contributed by atoms with van der Waals surface area (Å²) in [5.41, 5.74) is 4.13. The normalized spacial score (nSPS) is 16.2. The summed E-state index contributed by atoms with van der Waals surface area (Å²) in [5, 5.41) is 0. The Balaban J connectivity index is 1.54. The monoisotopic (exact) mass is 384 g/mol. The molecule has 2 heterocycles. The number of rotatable bonds is 3. The van der Waals surface area contributed by atoms with Crippen molar-refractivity contribution in [3.8, 4) is 0 Å². The van der Waals surface area contributed by atoms with Crippen LogP contribution in [0.3, 0.4) is 0 Å². The number of fused-ring (bicyclic) bond motifs is 1. The third-order valence-electron chi connectivity index (χ3n) is 5.40. The van der Waals surface area contributed by atoms with Crippen LogP contribution in [0.15, 0.2) is 47.4 Å². The molecule has 0 bridgehead atoms. The standard InChI is InChI=1S/C20H24N4O2S/c1-15-8-9-17(14-16(15)2)27(25,26)24-12-10-23(11-13-24)20-21-18-6-4-5-7-19(18)22(20)3/h4-9,14H,10-13H2,1-3H3. The lowest BCUT2D eigenvalue weighted by molar-refractivity contribution is 0.381. The first kappa shape index (κ1) is 18.0. The number of aromatic nitrogens is 2. The molecule has 1 aromatic heterocycles. The van der Waals surface area contributed by atoms with Crippen LogP contribution in [0.1, 0.15) is 11.1 Å². The minimum absolute atomic E-state index is 0.377. The highest BCUT2D eigenvalue weighted by Crippen LogP contribution is 2.24. The van der Waals surface area contributed by atoms with Gasteiger partial charge in [0.05, 0.1) is 15.9 Å². The van der Waals surface area contributed by atoms with Gasteiger partial charge in [0, 0.05) is 33.2 Å². The van der Waals surface area contributed by atoms with Crippen LogP contribution in [-0.2, 0) is 17.1 Å². The quantitative estimate of drug-likeness (QED) is 0.697. The van der Waals surface area contributed by atoms with E-state index in [9.17, 15) is 8.42 Å². The summed E-state index contributed by atoms with van der Waals surface area (Å²) < 4.78 is 29.6. The predicted molar refractivity (Wildman–Crippen MR) is 108 cm³/mol. The topological polar surface area (TPSA) is 58.4 Å². The first-order valence-electron chi connectivity index (χ1n) is 9.12. The third-order valence-corrected chi connectivity index (χ3v) is 7.30. The molecular weight excluding hydrogens is 360 g/mol. The highest BCUT2D eigenvalue weighted by Gasteiger charge is 2.30. The first-order valence-corrected chi connectivity index (χ1v) is 10.6. The summed E-state index contributed by atoms with van der Waals surface area (Å²) in [7, 11) is -1.46. The predicted octanol–water partition coefficient (Wildman–Crippen LogP) is 2.70. The Labute approximate surface area is 160 Å². The smallest absolute Gasteiger partial charge is 0.243 e. The Hall–Kier alpha value is -2.38. The fraction of sp³-hybridized carbons (Fsp3) is 0.350. The van der Waals surface area contributed by atoms with Crippen molar-refractivity contribution in [3.05, 3.63) is 53.6 Å². The molecule has 0 amide bonds. The van der Waals surface area contributed by atoms with E-state index in [1.807, 2.05) is 51.2 Å². The van der Waals surface area contributed by atoms with Crippen molar-refractivity contribution in [1.82, 2.24) is 13.9 Å². The van der Waals surface area contributed by atoms with Crippen LogP contribution in [-0.4, -0.2) is 48.5 Å². The number of hydrogen-bond donors (Lipinski definition) is 0. The van der Waals surface area contributed by atoms with Crippen molar-refractivity contribution in [2.75, 3.05) is 31.1 Å². The number of nitrogens with zero attached hydrogens (tertiary/aromatic N) is 4. The highest BCUT2D eigenvalue weighted by molar-refractivity contribution is 7.89. The zero-order valence-electron chi connectivity index (χ0n) is 15.9. The first-order chi connectivity index (χ1) is 12.9. The largest absolute Gasteiger partial charge is 0.340 e. The average Bonchev–Trinajstić information content (AvgIpc) is 3.01. The van der Waals surface area contributed by atoms with E-state index in [-0.39, 0.29) is 0 Å². The molecule has 0 atom stereocenters. The molecular formula is C20H24N4O2S. The molecule has 142 valence electrons. The zero-order valence-corrected chi connectivity index (χ0v) is 16.7. The van der Waals surface area contributed by atoms with Gasteiger partial charge < -0.3 is 9.47 Å². The number of sulfonamides is 1. The summed E-state index contributed by atoms with van der Waals surface area (Å²) in [4.78, 5) is 7.26. The van der Waals surface area contributed by atoms with Crippen LogP contribution in [0.5, 0.6) is 0 Å². The van der Waals surface area contributed by atoms with E-state index in [0.717, 1.165) is 28.1 Å². The molecule has 0 radical (unpaired) electrons. The van der Waals surface area contributed by atoms with Gasteiger partial charge in [0.15, 0.2) is 0 Å². The minimum Gasteiger partial charge on any atom is -0.340 e. The highest BCUT2D eigenvalue weighted by atomic mass is 32.2. The van der Waals surface area contributed by atoms with Gasteiger partial charge >= 0.3 is 0 Å². The van der Waals surface area contributed by atoms with E-state index in [1.54, 1.807) is 16.4 Å². The van der Waals surface area contributed by atoms with Gasteiger partial charge in [-0.2, -0.15) is 4.31 Å². The molecule has 4 rings (SSSR count). The lowest BCUT2D eigenvalue weighted by Gasteiger charge is -2.34. The Morgan fingerprint density at radius 1 is 0.926 bits per heavy atom. The third kappa shape index (κ3) is 3.11. The summed E-state index contributed by atoms with van der Waals surface area (Å²) in [6, 6.07) is 13.4. The molecule has 1 aliphatic heterocycles. The molecule has 1 aliphatic rings. The van der Waals surface area contributed by atoms with E-state index in [0.29, 0.717) is 31.1 Å². The Morgan fingerprint density at radius 2 is 1.63 bits per heavy atom. The molecule has 0 unspecified atom stereocenters. The van der Waals surface area contributed by atoms with Gasteiger partial charge in [-0.05, 0) is 49.2 Å². The van der Waals surface area contributed by atoms with Crippen LogP contribution >= 0.6 is 0 Å². The lowest BCUT2D eigenvalue weighted by atomic mass is 10.1. The SMILES string of the molecule is Cc1ccc(S(=O)(=O)N2CCN(c3nc4ccccc4n3C)CC2)cc1C. The fourth-order valence-electron chi connectivity index (χ4n) is 3.57. The zero-order chi connectivity index (χ0) is 19.2. The number of imidazole rings is 1. The molecule has 1 fully saturated rings. The van der Waals surface area contributed by atoms with Crippen LogP contribution in [0.4, 0.5) is 5.95 Å². The van der Waals surface area contributed by atoms with Crippen LogP contribution in [0, 0.1) is 13.8 Å². The molecule has 0 spiro atoms. The minimum atomic E-state index is -3.46. The van der Waals surface area contributed by atoms with E-state index >= 15 is 0 Å². The van der Waals surface area contributed by atoms with Crippen molar-refractivity contribution in [2.45, 2.75) is 18.7 Å². The van der Waals surface area contributed by atoms with Gasteiger partial charge in [0.1, 0.15) is 0 Å². The molecule has 7 heteroatoms. The molecule has 6 nitrogen and oxygen atoms in total. The Bertz CT molecular complexity index is 1100. The van der Waals surface area contributed by atoms with Gasteiger partial charge in [0.25, 0.3) is 0 Å². The van der Waals surface area contributed by atoms with Crippen molar-refractivity contribution in [3.63, 3.8) is 0 Å². The van der Waals surface area contributed by atoms with Gasteiger partial charge in [-0.3, -0.25) is 0 Å². The number of para-hydroxylation sites is 2. The van der Waals surface area contributed by atoms with Crippen molar-refractivity contribution in [1.29, 1.82) is 0 Å². The number of aryl methyl sites for hydroxylation is 3. The van der Waals surface area contributed by atoms with E-state index in [1.165, 1.54) is 0 Å². The fourth-order valence-corrected chi connectivity index (χ4v) is 5.08. The average molecular weight is 385 g/mol.